The van der Waals surface area contributed by atoms with E-state index in [0.29, 0.717) is 6.04 Å². The van der Waals surface area contributed by atoms with Gasteiger partial charge >= 0.3 is 0 Å². The van der Waals surface area contributed by atoms with Crippen molar-refractivity contribution >= 4 is 11.7 Å². The maximum absolute atomic E-state index is 5.87. The monoisotopic (exact) mass is 533 g/mol. The molecule has 4 aliphatic heterocycles. The van der Waals surface area contributed by atoms with Crippen molar-refractivity contribution in [2.24, 2.45) is 15.9 Å². The Bertz CT molecular complexity index is 1050. The number of ether oxygens (including phenoxy) is 1. The Labute approximate surface area is 235 Å². The van der Waals surface area contributed by atoms with Crippen molar-refractivity contribution in [2.45, 2.75) is 69.6 Å². The number of allylic oxidation sites excluding steroid dienone is 2. The molecule has 3 saturated heterocycles. The number of likely N-dealkylation sites (N-methyl/N-ethyl adjacent to an activating group) is 1. The number of guanidine groups is 1. The van der Waals surface area contributed by atoms with Gasteiger partial charge in [0.2, 0.25) is 5.96 Å². The first-order chi connectivity index (χ1) is 19.2. The zero-order chi connectivity index (χ0) is 26.6. The van der Waals surface area contributed by atoms with Crippen molar-refractivity contribution in [1.29, 1.82) is 0 Å². The van der Waals surface area contributed by atoms with Gasteiger partial charge in [-0.15, -0.1) is 0 Å². The van der Waals surface area contributed by atoms with Gasteiger partial charge in [-0.3, -0.25) is 5.32 Å². The summed E-state index contributed by atoms with van der Waals surface area (Å²) in [6.07, 6.45) is 14.2. The molecule has 2 atom stereocenters. The zero-order valence-corrected chi connectivity index (χ0v) is 24.1. The molecule has 6 aliphatic rings. The van der Waals surface area contributed by atoms with Gasteiger partial charge in [-0.25, -0.2) is 9.98 Å². The molecular formula is C31H47N7O. The fourth-order valence-corrected chi connectivity index (χ4v) is 6.67. The van der Waals surface area contributed by atoms with Gasteiger partial charge in [0, 0.05) is 44.7 Å². The molecule has 1 N–H and O–H groups in total. The van der Waals surface area contributed by atoms with Crippen LogP contribution in [0.4, 0.5) is 0 Å². The largest absolute Gasteiger partial charge is 0.496 e. The van der Waals surface area contributed by atoms with E-state index < -0.39 is 0 Å². The van der Waals surface area contributed by atoms with Crippen LogP contribution >= 0.6 is 0 Å². The molecule has 0 aromatic carbocycles. The minimum atomic E-state index is -0.0305. The maximum Gasteiger partial charge on any atom is 0.222 e. The Morgan fingerprint density at radius 2 is 1.79 bits per heavy atom. The summed E-state index contributed by atoms with van der Waals surface area (Å²) in [4.78, 5) is 20.4. The Hall–Kier alpha value is -2.18. The van der Waals surface area contributed by atoms with Crippen molar-refractivity contribution in [3.05, 3.63) is 23.5 Å². The number of nitrogens with one attached hydrogen (secondary N) is 1. The highest BCUT2D eigenvalue weighted by Gasteiger charge is 2.37. The summed E-state index contributed by atoms with van der Waals surface area (Å²) < 4.78 is 5.87. The lowest BCUT2D eigenvalue weighted by Crippen LogP contribution is -2.51. The van der Waals surface area contributed by atoms with Crippen LogP contribution in [-0.4, -0.2) is 123 Å². The first kappa shape index (κ1) is 27.0. The first-order valence-electron chi connectivity index (χ1n) is 15.5. The molecule has 0 spiro atoms. The summed E-state index contributed by atoms with van der Waals surface area (Å²) >= 11 is 0. The molecule has 4 fully saturated rings. The van der Waals surface area contributed by atoms with Crippen LogP contribution in [0.2, 0.25) is 0 Å². The lowest BCUT2D eigenvalue weighted by atomic mass is 9.89. The summed E-state index contributed by atoms with van der Waals surface area (Å²) in [7, 11) is 3.97. The van der Waals surface area contributed by atoms with Gasteiger partial charge in [0.1, 0.15) is 11.9 Å². The smallest absolute Gasteiger partial charge is 0.222 e. The second kappa shape index (κ2) is 12.6. The first-order valence-corrected chi connectivity index (χ1v) is 15.5. The minimum Gasteiger partial charge on any atom is -0.496 e. The van der Waals surface area contributed by atoms with Crippen LogP contribution in [0, 0.1) is 17.8 Å². The molecule has 8 nitrogen and oxygen atoms in total. The summed E-state index contributed by atoms with van der Waals surface area (Å²) in [5, 5.41) is 3.97. The molecule has 4 heterocycles. The molecular weight excluding hydrogens is 486 g/mol. The summed E-state index contributed by atoms with van der Waals surface area (Å²) in [6, 6.07) is 1.34. The van der Waals surface area contributed by atoms with Crippen LogP contribution in [0.5, 0.6) is 0 Å². The highest BCUT2D eigenvalue weighted by atomic mass is 16.5. The van der Waals surface area contributed by atoms with Crippen molar-refractivity contribution in [1.82, 2.24) is 24.9 Å². The van der Waals surface area contributed by atoms with Gasteiger partial charge in [0.05, 0.1) is 24.3 Å². The second-order valence-electron chi connectivity index (χ2n) is 12.2. The molecule has 39 heavy (non-hydrogen) atoms. The Balaban J connectivity index is 1.20. The van der Waals surface area contributed by atoms with E-state index in [1.165, 1.54) is 64.7 Å². The third-order valence-corrected chi connectivity index (χ3v) is 9.25. The number of hydrogen-bond acceptors (Lipinski definition) is 8. The van der Waals surface area contributed by atoms with Crippen LogP contribution in [0.3, 0.4) is 0 Å². The van der Waals surface area contributed by atoms with E-state index in [1.54, 1.807) is 7.11 Å². The van der Waals surface area contributed by atoms with E-state index in [2.05, 4.69) is 56.0 Å². The van der Waals surface area contributed by atoms with Gasteiger partial charge in [0.15, 0.2) is 0 Å². The van der Waals surface area contributed by atoms with Crippen LogP contribution in [-0.2, 0) is 4.74 Å². The van der Waals surface area contributed by atoms with E-state index >= 15 is 0 Å². The Kier molecular flexibility index (Phi) is 8.69. The van der Waals surface area contributed by atoms with Gasteiger partial charge in [0.25, 0.3) is 0 Å². The van der Waals surface area contributed by atoms with Gasteiger partial charge < -0.3 is 24.3 Å². The number of methoxy groups -OCH3 is 1. The van der Waals surface area contributed by atoms with Gasteiger partial charge in [-0.1, -0.05) is 11.8 Å². The molecule has 0 radical (unpaired) electrons. The third-order valence-electron chi connectivity index (χ3n) is 9.25. The number of likely N-dealkylation sites (tertiary alicyclic amines) is 2. The maximum atomic E-state index is 5.87. The Morgan fingerprint density at radius 1 is 0.974 bits per heavy atom. The molecule has 212 valence electrons. The average molecular weight is 534 g/mol. The fourth-order valence-electron chi connectivity index (χ4n) is 6.67. The van der Waals surface area contributed by atoms with Gasteiger partial charge in [-0.05, 0) is 96.9 Å². The third kappa shape index (κ3) is 6.77. The summed E-state index contributed by atoms with van der Waals surface area (Å²) in [6.45, 7) is 10.0. The van der Waals surface area contributed by atoms with E-state index in [0.717, 1.165) is 74.6 Å². The molecule has 0 aromatic heterocycles. The van der Waals surface area contributed by atoms with Crippen molar-refractivity contribution in [3.8, 4) is 11.8 Å². The number of aliphatic imine (C=N–C) groups is 2. The molecule has 2 aliphatic carbocycles. The van der Waals surface area contributed by atoms with E-state index in [9.17, 15) is 0 Å². The standard InChI is InChI=1S/C31H47N7O/c1-35-13-7-17-38(21-20-35)31-33-28-22-24(8-3-4-14-36-15-5-6-16-36)29(39-2)23-27(28)30(34-31)32-25-11-18-37(19-12-25)26-9-10-26/h22-23,25-27,30,32H,4-7,9-21H2,1-2H3. The van der Waals surface area contributed by atoms with Crippen molar-refractivity contribution < 1.29 is 4.74 Å². The molecule has 8 heteroatoms. The lowest BCUT2D eigenvalue weighted by Gasteiger charge is -2.38. The summed E-state index contributed by atoms with van der Waals surface area (Å²) in [5.41, 5.74) is 2.01. The summed E-state index contributed by atoms with van der Waals surface area (Å²) in [5.74, 6) is 8.66. The van der Waals surface area contributed by atoms with Crippen molar-refractivity contribution in [2.75, 3.05) is 73.1 Å². The highest BCUT2D eigenvalue weighted by molar-refractivity contribution is 6.09. The molecule has 0 bridgehead atoms. The fraction of sp³-hybridized carbons (Fsp3) is 0.742. The molecule has 6 rings (SSSR count). The quantitative estimate of drug-likeness (QED) is 0.530. The van der Waals surface area contributed by atoms with Crippen LogP contribution in [0.25, 0.3) is 0 Å². The molecule has 0 amide bonds. The predicted octanol–water partition coefficient (Wildman–Crippen LogP) is 2.55. The zero-order valence-electron chi connectivity index (χ0n) is 24.1. The number of nitrogens with zero attached hydrogens (tertiary/aromatic N) is 6. The van der Waals surface area contributed by atoms with Crippen LogP contribution in [0.1, 0.15) is 51.4 Å². The van der Waals surface area contributed by atoms with Crippen LogP contribution < -0.4 is 5.32 Å². The van der Waals surface area contributed by atoms with E-state index in [1.807, 2.05) is 0 Å². The van der Waals surface area contributed by atoms with E-state index in [4.69, 9.17) is 14.7 Å². The molecule has 1 saturated carbocycles. The van der Waals surface area contributed by atoms with Crippen LogP contribution in [0.15, 0.2) is 33.5 Å². The SMILES string of the molecule is COC1=CC2C(=NC(N3CCCN(C)CC3)=NC2NC2CCN(C3CC3)CC2)C=C1C#CCCN1CCCC1. The lowest BCUT2D eigenvalue weighted by molar-refractivity contribution is 0.180. The average Bonchev–Trinajstić information content (AvgIpc) is 3.72. The minimum absolute atomic E-state index is 0.0305. The topological polar surface area (TPSA) is 58.9 Å². The highest BCUT2D eigenvalue weighted by Crippen LogP contribution is 2.31. The van der Waals surface area contributed by atoms with E-state index in [-0.39, 0.29) is 12.1 Å². The molecule has 0 aromatic rings. The second-order valence-corrected chi connectivity index (χ2v) is 12.2. The number of piperidine rings is 1. The number of hydrogen-bond donors (Lipinski definition) is 1. The van der Waals surface area contributed by atoms with Gasteiger partial charge in [-0.2, -0.15) is 0 Å². The van der Waals surface area contributed by atoms with Crippen molar-refractivity contribution in [3.63, 3.8) is 0 Å². The molecule has 2 unspecified atom stereocenters. The number of rotatable bonds is 6. The Morgan fingerprint density at radius 3 is 2.56 bits per heavy atom. The number of fused-ring (bicyclic) bond motifs is 1. The predicted molar refractivity (Wildman–Crippen MR) is 158 cm³/mol. The normalized spacial score (nSPS) is 29.4.